The Labute approximate surface area is 271 Å². The highest BCUT2D eigenvalue weighted by Gasteiger charge is 2.89. The van der Waals surface area contributed by atoms with E-state index >= 15 is 0 Å². The third-order valence-electron chi connectivity index (χ3n) is 13.3. The van der Waals surface area contributed by atoms with E-state index in [4.69, 9.17) is 33.2 Å². The Kier molecular flexibility index (Phi) is 7.81. The summed E-state index contributed by atoms with van der Waals surface area (Å²) in [6.07, 6.45) is 0.142. The summed E-state index contributed by atoms with van der Waals surface area (Å²) in [5, 5.41) is 12.8. The first-order chi connectivity index (χ1) is 22.1. The topological polar surface area (TPSA) is 122 Å². The van der Waals surface area contributed by atoms with E-state index in [0.717, 1.165) is 25.9 Å². The van der Waals surface area contributed by atoms with Gasteiger partial charge in [0.1, 0.15) is 23.1 Å². The molecule has 1 aromatic carbocycles. The van der Waals surface area contributed by atoms with Crippen LogP contribution >= 0.6 is 0 Å². The zero-order chi connectivity index (χ0) is 32.8. The summed E-state index contributed by atoms with van der Waals surface area (Å²) in [4.78, 5) is 29.7. The van der Waals surface area contributed by atoms with Crippen molar-refractivity contribution in [1.82, 2.24) is 4.90 Å². The molecule has 0 amide bonds. The van der Waals surface area contributed by atoms with Crippen LogP contribution < -0.4 is 4.74 Å². The van der Waals surface area contributed by atoms with Crippen LogP contribution in [0.1, 0.15) is 49.9 Å². The van der Waals surface area contributed by atoms with Gasteiger partial charge >= 0.3 is 11.9 Å². The quantitative estimate of drug-likeness (QED) is 0.379. The number of hydrogen-bond acceptors (Lipinski definition) is 11. The van der Waals surface area contributed by atoms with Gasteiger partial charge in [0.05, 0.1) is 37.6 Å². The van der Waals surface area contributed by atoms with Crippen LogP contribution in [0.2, 0.25) is 0 Å². The molecule has 5 saturated carbocycles. The average molecular weight is 644 g/mol. The number of benzene rings is 1. The van der Waals surface area contributed by atoms with E-state index in [-0.39, 0.29) is 47.8 Å². The number of nitrogens with zero attached hydrogens (tertiary/aromatic N) is 1. The smallest absolute Gasteiger partial charge is 0.338 e. The van der Waals surface area contributed by atoms with E-state index in [0.29, 0.717) is 24.3 Å². The fourth-order valence-electron chi connectivity index (χ4n) is 12.4. The Balaban J connectivity index is 1.46. The third-order valence-corrected chi connectivity index (χ3v) is 13.3. The molecule has 6 aliphatic rings. The number of piperidine rings is 1. The Morgan fingerprint density at radius 2 is 1.70 bits per heavy atom. The average Bonchev–Trinajstić information content (AvgIpc) is 3.42. The molecule has 0 aromatic heterocycles. The molecule has 254 valence electrons. The lowest BCUT2D eigenvalue weighted by Crippen LogP contribution is -2.77. The normalized spacial score (nSPS) is 46.6. The van der Waals surface area contributed by atoms with Crippen LogP contribution in [-0.2, 0) is 33.2 Å². The van der Waals surface area contributed by atoms with Crippen molar-refractivity contribution in [1.29, 1.82) is 0 Å². The van der Waals surface area contributed by atoms with Crippen molar-refractivity contribution in [3.63, 3.8) is 0 Å². The minimum Gasteiger partial charge on any atom is -0.497 e. The van der Waals surface area contributed by atoms with Crippen LogP contribution in [0.15, 0.2) is 24.3 Å². The monoisotopic (exact) mass is 643 g/mol. The van der Waals surface area contributed by atoms with Crippen molar-refractivity contribution >= 4 is 11.9 Å². The minimum atomic E-state index is -1.51. The predicted molar refractivity (Wildman–Crippen MR) is 164 cm³/mol. The molecule has 1 spiro atoms. The molecule has 6 fully saturated rings. The van der Waals surface area contributed by atoms with Gasteiger partial charge in [-0.1, -0.05) is 6.92 Å². The fourth-order valence-corrected chi connectivity index (χ4v) is 12.4. The van der Waals surface area contributed by atoms with E-state index in [1.165, 1.54) is 6.92 Å². The Bertz CT molecular complexity index is 1360. The minimum absolute atomic E-state index is 0.00534. The summed E-state index contributed by atoms with van der Waals surface area (Å²) in [6, 6.07) is 6.66. The number of fused-ring (bicyclic) bond motifs is 2. The van der Waals surface area contributed by atoms with Gasteiger partial charge in [-0.3, -0.25) is 9.69 Å². The van der Waals surface area contributed by atoms with Crippen LogP contribution in [0.5, 0.6) is 5.75 Å². The van der Waals surface area contributed by atoms with Gasteiger partial charge in [-0.2, -0.15) is 0 Å². The first-order valence-electron chi connectivity index (χ1n) is 16.6. The van der Waals surface area contributed by atoms with Gasteiger partial charge in [0, 0.05) is 83.0 Å². The van der Waals surface area contributed by atoms with Gasteiger partial charge in [0.2, 0.25) is 0 Å². The Hall–Kier alpha value is -2.28. The lowest BCUT2D eigenvalue weighted by Gasteiger charge is -2.69. The second-order valence-electron chi connectivity index (χ2n) is 14.6. The zero-order valence-corrected chi connectivity index (χ0v) is 28.0. The zero-order valence-electron chi connectivity index (χ0n) is 28.0. The molecule has 1 saturated heterocycles. The highest BCUT2D eigenvalue weighted by Crippen LogP contribution is 2.80. The number of hydrogen-bond donors (Lipinski definition) is 1. The number of carbonyl (C=O) groups excluding carboxylic acids is 2. The van der Waals surface area contributed by atoms with Gasteiger partial charge in [-0.05, 0) is 56.0 Å². The molecule has 13 atom stereocenters. The second kappa shape index (κ2) is 11.1. The van der Waals surface area contributed by atoms with Crippen molar-refractivity contribution in [2.45, 2.75) is 81.2 Å². The molecule has 1 heterocycles. The maximum atomic E-state index is 13.9. The maximum absolute atomic E-state index is 13.9. The van der Waals surface area contributed by atoms with E-state index in [1.807, 2.05) is 0 Å². The fraction of sp³-hybridized carbons (Fsp3) is 0.771. The summed E-state index contributed by atoms with van der Waals surface area (Å²) in [6.45, 7) is 5.80. The molecule has 0 radical (unpaired) electrons. The largest absolute Gasteiger partial charge is 0.497 e. The molecule has 11 heteroatoms. The van der Waals surface area contributed by atoms with Crippen LogP contribution in [0.25, 0.3) is 0 Å². The number of aliphatic hydroxyl groups is 1. The molecule has 7 rings (SSSR count). The number of likely N-dealkylation sites (tertiary alicyclic amines) is 1. The Morgan fingerprint density at radius 3 is 2.28 bits per heavy atom. The number of methoxy groups -OCH3 is 5. The summed E-state index contributed by atoms with van der Waals surface area (Å²) >= 11 is 0. The standard InChI is InChI=1S/C35H49NO10/c1-8-36-17-32(18-40-3)14-13-23(42-5)35-22-15-33(39)24(43-6)16-34(46-19(2)37,26(29(35)36)27(44-7)28(32)35)25(22)30(33)45-31(38)20-9-11-21(41-4)12-10-20/h9-12,22-30,39H,8,13-18H2,1-7H3/t22?,23?,24?,25?,26?,27?,28?,29?,30-,32+,33+,34-,35+/m1/s1. The molecule has 8 unspecified atom stereocenters. The predicted octanol–water partition coefficient (Wildman–Crippen LogP) is 2.72. The SMILES string of the molecule is CCN1C[C@]2(COC)CCC(OC)[C@@]34C5C[C@]6(O)C(OC)C[C@](OC(C)=O)(C(C(OC)C23)C14)C5[C@H]6OC(=O)c1ccc(OC)cc1. The van der Waals surface area contributed by atoms with Crippen LogP contribution in [0, 0.1) is 34.5 Å². The number of carbonyl (C=O) groups is 2. The first kappa shape index (κ1) is 32.3. The van der Waals surface area contributed by atoms with Crippen molar-refractivity contribution in [3.05, 3.63) is 29.8 Å². The molecule has 7 bridgehead atoms. The molecular formula is C35H49NO10. The first-order valence-corrected chi connectivity index (χ1v) is 16.6. The van der Waals surface area contributed by atoms with Crippen LogP contribution in [0.4, 0.5) is 0 Å². The lowest BCUT2D eigenvalue weighted by atomic mass is 9.43. The molecular weight excluding hydrogens is 594 g/mol. The summed E-state index contributed by atoms with van der Waals surface area (Å²) in [5.74, 6) is -1.38. The second-order valence-corrected chi connectivity index (χ2v) is 14.6. The molecule has 1 aromatic rings. The maximum Gasteiger partial charge on any atom is 0.338 e. The van der Waals surface area contributed by atoms with Gasteiger partial charge < -0.3 is 38.3 Å². The van der Waals surface area contributed by atoms with Gasteiger partial charge in [0.25, 0.3) is 0 Å². The van der Waals surface area contributed by atoms with Crippen molar-refractivity contribution in [2.75, 3.05) is 55.2 Å². The summed E-state index contributed by atoms with van der Waals surface area (Å²) in [5.41, 5.74) is -3.03. The van der Waals surface area contributed by atoms with Gasteiger partial charge in [-0.25, -0.2) is 4.79 Å². The van der Waals surface area contributed by atoms with E-state index in [9.17, 15) is 14.7 Å². The summed E-state index contributed by atoms with van der Waals surface area (Å²) < 4.78 is 43.6. The highest BCUT2D eigenvalue weighted by atomic mass is 16.6. The van der Waals surface area contributed by atoms with Crippen LogP contribution in [0.3, 0.4) is 0 Å². The van der Waals surface area contributed by atoms with E-state index < -0.39 is 46.7 Å². The van der Waals surface area contributed by atoms with Gasteiger partial charge in [-0.15, -0.1) is 0 Å². The molecule has 5 aliphatic carbocycles. The number of esters is 2. The molecule has 11 nitrogen and oxygen atoms in total. The number of rotatable bonds is 10. The van der Waals surface area contributed by atoms with E-state index in [2.05, 4.69) is 11.8 Å². The highest BCUT2D eigenvalue weighted by molar-refractivity contribution is 5.89. The summed E-state index contributed by atoms with van der Waals surface area (Å²) in [7, 11) is 8.44. The Morgan fingerprint density at radius 1 is 0.978 bits per heavy atom. The van der Waals surface area contributed by atoms with E-state index in [1.54, 1.807) is 59.8 Å². The molecule has 1 N–H and O–H groups in total. The van der Waals surface area contributed by atoms with Crippen molar-refractivity contribution in [3.8, 4) is 5.75 Å². The van der Waals surface area contributed by atoms with Gasteiger partial charge in [0.15, 0.2) is 0 Å². The van der Waals surface area contributed by atoms with Crippen LogP contribution in [-0.4, -0.2) is 119 Å². The van der Waals surface area contributed by atoms with Crippen molar-refractivity contribution in [2.24, 2.45) is 34.5 Å². The lowest BCUT2D eigenvalue weighted by molar-refractivity contribution is -0.287. The van der Waals surface area contributed by atoms with Crippen molar-refractivity contribution < 1.29 is 47.9 Å². The molecule has 46 heavy (non-hydrogen) atoms. The number of ether oxygens (including phenoxy) is 7. The third kappa shape index (κ3) is 3.87. The molecule has 1 aliphatic heterocycles.